The van der Waals surface area contributed by atoms with Crippen LogP contribution < -0.4 is 5.32 Å². The number of hydrogen-bond donors (Lipinski definition) is 1. The molecule has 138 valence electrons. The zero-order chi connectivity index (χ0) is 17.9. The van der Waals surface area contributed by atoms with Gasteiger partial charge in [0.05, 0.1) is 0 Å². The quantitative estimate of drug-likeness (QED) is 0.905. The molecule has 2 aliphatic rings. The van der Waals surface area contributed by atoms with Crippen LogP contribution in [0, 0.1) is 0 Å². The summed E-state index contributed by atoms with van der Waals surface area (Å²) in [5.41, 5.74) is 0.635. The highest BCUT2D eigenvalue weighted by Gasteiger charge is 2.45. The standard InChI is InChI=1S/C20H31N3O2/c1-19(2)16-22(18(24)20(25-3)9-11-21-12-10-20)13-14-23(19)15-17-7-5-4-6-8-17/h4-8,21H,9-16H2,1-3H3. The number of benzene rings is 1. The Morgan fingerprint density at radius 1 is 1.16 bits per heavy atom. The smallest absolute Gasteiger partial charge is 0.255 e. The van der Waals surface area contributed by atoms with E-state index in [4.69, 9.17) is 4.74 Å². The zero-order valence-corrected chi connectivity index (χ0v) is 15.8. The van der Waals surface area contributed by atoms with Crippen molar-refractivity contribution in [1.29, 1.82) is 0 Å². The number of carbonyl (C=O) groups excluding carboxylic acids is 1. The third-order valence-corrected chi connectivity index (χ3v) is 5.77. The molecule has 0 spiro atoms. The summed E-state index contributed by atoms with van der Waals surface area (Å²) >= 11 is 0. The molecule has 5 heteroatoms. The van der Waals surface area contributed by atoms with Crippen molar-refractivity contribution in [3.05, 3.63) is 35.9 Å². The number of piperazine rings is 1. The molecule has 25 heavy (non-hydrogen) atoms. The first-order valence-corrected chi connectivity index (χ1v) is 9.31. The fourth-order valence-corrected chi connectivity index (χ4v) is 4.08. The average Bonchev–Trinajstić information content (AvgIpc) is 2.64. The number of piperidine rings is 1. The maximum Gasteiger partial charge on any atom is 0.255 e. The van der Waals surface area contributed by atoms with Crippen LogP contribution in [0.15, 0.2) is 30.3 Å². The SMILES string of the molecule is COC1(C(=O)N2CCN(Cc3ccccc3)C(C)(C)C2)CCNCC1. The van der Waals surface area contributed by atoms with Gasteiger partial charge in [-0.2, -0.15) is 0 Å². The second-order valence-corrected chi connectivity index (χ2v) is 7.89. The predicted molar refractivity (Wildman–Crippen MR) is 99.4 cm³/mol. The van der Waals surface area contributed by atoms with Gasteiger partial charge in [0, 0.05) is 38.8 Å². The lowest BCUT2D eigenvalue weighted by atomic mass is 9.88. The van der Waals surface area contributed by atoms with Crippen molar-refractivity contribution in [3.63, 3.8) is 0 Å². The van der Waals surface area contributed by atoms with Gasteiger partial charge in [-0.1, -0.05) is 30.3 Å². The number of nitrogens with zero attached hydrogens (tertiary/aromatic N) is 2. The lowest BCUT2D eigenvalue weighted by molar-refractivity contribution is -0.163. The molecule has 1 aromatic rings. The predicted octanol–water partition coefficient (Wildman–Crippen LogP) is 1.88. The molecule has 5 nitrogen and oxygen atoms in total. The molecule has 0 aromatic heterocycles. The van der Waals surface area contributed by atoms with E-state index in [9.17, 15) is 4.79 Å². The summed E-state index contributed by atoms with van der Waals surface area (Å²) in [6.07, 6.45) is 1.51. The largest absolute Gasteiger partial charge is 0.368 e. The fourth-order valence-electron chi connectivity index (χ4n) is 4.08. The van der Waals surface area contributed by atoms with Gasteiger partial charge in [-0.05, 0) is 45.3 Å². The van der Waals surface area contributed by atoms with Crippen LogP contribution >= 0.6 is 0 Å². The minimum Gasteiger partial charge on any atom is -0.368 e. The van der Waals surface area contributed by atoms with E-state index in [2.05, 4.69) is 54.4 Å². The third kappa shape index (κ3) is 3.89. The average molecular weight is 345 g/mol. The van der Waals surface area contributed by atoms with Crippen molar-refractivity contribution < 1.29 is 9.53 Å². The lowest BCUT2D eigenvalue weighted by Crippen LogP contribution is -2.64. The molecule has 1 N–H and O–H groups in total. The molecular formula is C20H31N3O2. The lowest BCUT2D eigenvalue weighted by Gasteiger charge is -2.49. The summed E-state index contributed by atoms with van der Waals surface area (Å²) in [7, 11) is 1.68. The Morgan fingerprint density at radius 3 is 2.44 bits per heavy atom. The summed E-state index contributed by atoms with van der Waals surface area (Å²) < 4.78 is 5.74. The van der Waals surface area contributed by atoms with Crippen molar-refractivity contribution in [3.8, 4) is 0 Å². The van der Waals surface area contributed by atoms with E-state index >= 15 is 0 Å². The van der Waals surface area contributed by atoms with Gasteiger partial charge >= 0.3 is 0 Å². The van der Waals surface area contributed by atoms with Crippen molar-refractivity contribution in [2.24, 2.45) is 0 Å². The van der Waals surface area contributed by atoms with E-state index in [-0.39, 0.29) is 11.4 Å². The first-order chi connectivity index (χ1) is 12.0. The Labute approximate surface area is 151 Å². The van der Waals surface area contributed by atoms with Gasteiger partial charge < -0.3 is 15.0 Å². The number of ether oxygens (including phenoxy) is 1. The minimum absolute atomic E-state index is 0.0500. The summed E-state index contributed by atoms with van der Waals surface area (Å²) in [4.78, 5) is 17.7. The van der Waals surface area contributed by atoms with Crippen LogP contribution in [0.25, 0.3) is 0 Å². The highest BCUT2D eigenvalue weighted by molar-refractivity contribution is 5.85. The molecular weight excluding hydrogens is 314 g/mol. The first kappa shape index (κ1) is 18.4. The van der Waals surface area contributed by atoms with Crippen molar-refractivity contribution in [2.75, 3.05) is 39.8 Å². The van der Waals surface area contributed by atoms with Crippen molar-refractivity contribution >= 4 is 5.91 Å². The molecule has 0 saturated carbocycles. The maximum atomic E-state index is 13.2. The Balaban J connectivity index is 1.68. The van der Waals surface area contributed by atoms with Gasteiger partial charge in [0.25, 0.3) is 5.91 Å². The van der Waals surface area contributed by atoms with E-state index in [0.717, 1.165) is 52.1 Å². The minimum atomic E-state index is -0.636. The topological polar surface area (TPSA) is 44.8 Å². The zero-order valence-electron chi connectivity index (χ0n) is 15.8. The van der Waals surface area contributed by atoms with Gasteiger partial charge in [0.2, 0.25) is 0 Å². The van der Waals surface area contributed by atoms with Crippen molar-refractivity contribution in [1.82, 2.24) is 15.1 Å². The molecule has 0 radical (unpaired) electrons. The van der Waals surface area contributed by atoms with E-state index in [1.165, 1.54) is 5.56 Å². The number of rotatable bonds is 4. The Bertz CT molecular complexity index is 582. The summed E-state index contributed by atoms with van der Waals surface area (Å²) in [6, 6.07) is 10.6. The van der Waals surface area contributed by atoms with Gasteiger partial charge in [0.1, 0.15) is 5.60 Å². The maximum absolute atomic E-state index is 13.2. The molecule has 2 saturated heterocycles. The molecule has 0 atom stereocenters. The van der Waals surface area contributed by atoms with E-state index in [0.29, 0.717) is 0 Å². The van der Waals surface area contributed by atoms with Gasteiger partial charge in [-0.15, -0.1) is 0 Å². The molecule has 0 bridgehead atoms. The molecule has 0 aliphatic carbocycles. The van der Waals surface area contributed by atoms with E-state index in [1.54, 1.807) is 7.11 Å². The van der Waals surface area contributed by atoms with Crippen LogP contribution in [0.3, 0.4) is 0 Å². The molecule has 2 fully saturated rings. The van der Waals surface area contributed by atoms with Crippen LogP contribution in [0.1, 0.15) is 32.3 Å². The van der Waals surface area contributed by atoms with Gasteiger partial charge in [-0.25, -0.2) is 0 Å². The number of amides is 1. The highest BCUT2D eigenvalue weighted by Crippen LogP contribution is 2.29. The highest BCUT2D eigenvalue weighted by atomic mass is 16.5. The summed E-state index contributed by atoms with van der Waals surface area (Å²) in [5, 5.41) is 3.32. The normalized spacial score (nSPS) is 23.4. The number of methoxy groups -OCH3 is 1. The number of hydrogen-bond acceptors (Lipinski definition) is 4. The monoisotopic (exact) mass is 345 g/mol. The molecule has 3 rings (SSSR count). The van der Waals surface area contributed by atoms with Crippen LogP contribution in [0.2, 0.25) is 0 Å². The van der Waals surface area contributed by atoms with E-state index < -0.39 is 5.60 Å². The second-order valence-electron chi connectivity index (χ2n) is 7.89. The third-order valence-electron chi connectivity index (χ3n) is 5.77. The van der Waals surface area contributed by atoms with Gasteiger partial charge in [0.15, 0.2) is 0 Å². The molecule has 2 heterocycles. The Kier molecular flexibility index (Phi) is 5.46. The van der Waals surface area contributed by atoms with Gasteiger partial charge in [-0.3, -0.25) is 9.69 Å². The molecule has 0 unspecified atom stereocenters. The second kappa shape index (κ2) is 7.44. The summed E-state index contributed by atoms with van der Waals surface area (Å²) in [6.45, 7) is 9.49. The Morgan fingerprint density at radius 2 is 1.84 bits per heavy atom. The van der Waals surface area contributed by atoms with E-state index in [1.807, 2.05) is 4.90 Å². The molecule has 1 aromatic carbocycles. The Hall–Kier alpha value is -1.43. The van der Waals surface area contributed by atoms with Crippen molar-refractivity contribution in [2.45, 2.75) is 44.4 Å². The fraction of sp³-hybridized carbons (Fsp3) is 0.650. The van der Waals surface area contributed by atoms with Crippen LogP contribution in [-0.2, 0) is 16.1 Å². The number of nitrogens with one attached hydrogen (secondary N) is 1. The van der Waals surface area contributed by atoms with Crippen LogP contribution in [0.4, 0.5) is 0 Å². The van der Waals surface area contributed by atoms with Crippen LogP contribution in [0.5, 0.6) is 0 Å². The van der Waals surface area contributed by atoms with Crippen LogP contribution in [-0.4, -0.2) is 66.7 Å². The molecule has 1 amide bonds. The number of carbonyl (C=O) groups is 1. The molecule has 2 aliphatic heterocycles. The first-order valence-electron chi connectivity index (χ1n) is 9.31. The summed E-state index contributed by atoms with van der Waals surface area (Å²) in [5.74, 6) is 0.170.